The Labute approximate surface area is 119 Å². The number of rotatable bonds is 9. The number of carboxylic acid groups (broad SMARTS) is 1. The van der Waals surface area contributed by atoms with E-state index in [1.54, 1.807) is 0 Å². The number of Topliss-reactive ketones (excluding diaryl/α,β-unsaturated/α-hetero) is 1. The highest BCUT2D eigenvalue weighted by Gasteiger charge is 2.37. The van der Waals surface area contributed by atoms with E-state index >= 15 is 0 Å². The van der Waals surface area contributed by atoms with Crippen LogP contribution >= 0.6 is 0 Å². The van der Waals surface area contributed by atoms with Crippen LogP contribution in [0.5, 0.6) is 0 Å². The second kappa shape index (κ2) is 8.64. The number of hydrogen-bond donors (Lipinski definition) is 6. The molecule has 10 nitrogen and oxygen atoms in total. The first kappa shape index (κ1) is 19.4. The van der Waals surface area contributed by atoms with Gasteiger partial charge in [0.2, 0.25) is 5.78 Å². The van der Waals surface area contributed by atoms with E-state index in [-0.39, 0.29) is 0 Å². The molecule has 0 saturated heterocycles. The van der Waals surface area contributed by atoms with Crippen LogP contribution in [0.2, 0.25) is 0 Å². The van der Waals surface area contributed by atoms with Gasteiger partial charge in [-0.05, 0) is 0 Å². The predicted octanol–water partition coefficient (Wildman–Crippen LogP) is -3.60. The van der Waals surface area contributed by atoms with Crippen molar-refractivity contribution in [3.63, 3.8) is 0 Å². The molecule has 5 atom stereocenters. The zero-order valence-corrected chi connectivity index (χ0v) is 11.1. The number of esters is 1. The summed E-state index contributed by atoms with van der Waals surface area (Å²) < 4.78 is 4.48. The monoisotopic (exact) mass is 310 g/mol. The van der Waals surface area contributed by atoms with E-state index in [1.807, 2.05) is 0 Å². The Morgan fingerprint density at radius 2 is 1.52 bits per heavy atom. The molecule has 0 spiro atoms. The van der Waals surface area contributed by atoms with E-state index in [4.69, 9.17) is 10.2 Å². The first-order valence-electron chi connectivity index (χ1n) is 5.88. The van der Waals surface area contributed by atoms with Crippen LogP contribution in [-0.4, -0.2) is 85.5 Å². The fourth-order valence-corrected chi connectivity index (χ4v) is 1.48. The Bertz CT molecular complexity index is 381. The van der Waals surface area contributed by atoms with Gasteiger partial charge in [-0.1, -0.05) is 0 Å². The van der Waals surface area contributed by atoms with E-state index in [9.17, 15) is 34.8 Å². The third-order valence-corrected chi connectivity index (χ3v) is 2.61. The van der Waals surface area contributed by atoms with Crippen molar-refractivity contribution >= 4 is 17.7 Å². The molecule has 6 N–H and O–H groups in total. The van der Waals surface area contributed by atoms with Crippen LogP contribution in [0, 0.1) is 0 Å². The number of hydrogen-bond acceptors (Lipinski definition) is 9. The number of ketones is 1. The zero-order chi connectivity index (χ0) is 16.7. The van der Waals surface area contributed by atoms with Gasteiger partial charge in [-0.3, -0.25) is 9.59 Å². The smallest absolute Gasteiger partial charge is 0.372 e. The third kappa shape index (κ3) is 6.14. The molecule has 0 rings (SSSR count). The number of ether oxygens (including phenoxy) is 1. The maximum absolute atomic E-state index is 10.9. The summed E-state index contributed by atoms with van der Waals surface area (Å²) in [6.45, 7) is 0.118. The molecule has 0 unspecified atom stereocenters. The van der Waals surface area contributed by atoms with Gasteiger partial charge in [0.25, 0.3) is 0 Å². The molecule has 122 valence electrons. The fourth-order valence-electron chi connectivity index (χ4n) is 1.48. The van der Waals surface area contributed by atoms with Crippen LogP contribution in [-0.2, 0) is 19.1 Å². The van der Waals surface area contributed by atoms with Crippen LogP contribution in [0.1, 0.15) is 13.3 Å². The lowest BCUT2D eigenvalue weighted by molar-refractivity contribution is -0.173. The van der Waals surface area contributed by atoms with E-state index in [1.165, 1.54) is 0 Å². The molecule has 10 heteroatoms. The lowest BCUT2D eigenvalue weighted by atomic mass is 9.96. The van der Waals surface area contributed by atoms with Crippen LogP contribution in [0.3, 0.4) is 0 Å². The van der Waals surface area contributed by atoms with Crippen LogP contribution in [0.15, 0.2) is 0 Å². The quantitative estimate of drug-likeness (QED) is 0.184. The van der Waals surface area contributed by atoms with Crippen LogP contribution < -0.4 is 0 Å². The van der Waals surface area contributed by atoms with Crippen LogP contribution in [0.25, 0.3) is 0 Å². The van der Waals surface area contributed by atoms with Crippen LogP contribution in [0.4, 0.5) is 0 Å². The molecule has 0 aromatic carbocycles. The molecule has 0 fully saturated rings. The summed E-state index contributed by atoms with van der Waals surface area (Å²) >= 11 is 0. The maximum atomic E-state index is 10.9. The number of aliphatic hydroxyl groups excluding tert-OH is 5. The molecular weight excluding hydrogens is 292 g/mol. The molecule has 0 aliphatic carbocycles. The molecule has 0 heterocycles. The van der Waals surface area contributed by atoms with Gasteiger partial charge in [-0.25, -0.2) is 4.79 Å². The van der Waals surface area contributed by atoms with Crippen molar-refractivity contribution in [2.45, 2.75) is 43.9 Å². The Morgan fingerprint density at radius 1 is 1.00 bits per heavy atom. The van der Waals surface area contributed by atoms with Gasteiger partial charge < -0.3 is 35.4 Å². The maximum Gasteiger partial charge on any atom is 0.372 e. The number of carbonyl (C=O) groups excluding carboxylic acids is 2. The summed E-state index contributed by atoms with van der Waals surface area (Å²) in [5.74, 6) is -4.09. The minimum absolute atomic E-state index is 0.864. The highest BCUT2D eigenvalue weighted by Crippen LogP contribution is 2.13. The minimum atomic E-state index is -2.09. The Kier molecular flexibility index (Phi) is 7.99. The number of carboxylic acids is 1. The van der Waals surface area contributed by atoms with Crippen molar-refractivity contribution in [2.24, 2.45) is 0 Å². The minimum Gasteiger partial charge on any atom is -0.475 e. The van der Waals surface area contributed by atoms with Gasteiger partial charge in [0.05, 0.1) is 12.7 Å². The first-order chi connectivity index (χ1) is 9.61. The normalized spacial score (nSPS) is 18.2. The summed E-state index contributed by atoms with van der Waals surface area (Å²) in [4.78, 5) is 31.9. The molecule has 0 aromatic rings. The molecule has 0 saturated carbocycles. The molecule has 0 bridgehead atoms. The molecule has 0 radical (unpaired) electrons. The Morgan fingerprint density at radius 3 is 1.90 bits per heavy atom. The third-order valence-electron chi connectivity index (χ3n) is 2.61. The first-order valence-corrected chi connectivity index (χ1v) is 5.88. The van der Waals surface area contributed by atoms with Crippen molar-refractivity contribution < 1.29 is 49.8 Å². The van der Waals surface area contributed by atoms with E-state index in [0.29, 0.717) is 0 Å². The highest BCUT2D eigenvalue weighted by atomic mass is 16.6. The molecule has 0 aromatic heterocycles. The molecular formula is C11H18O10. The molecule has 0 aliphatic rings. The summed E-state index contributed by atoms with van der Waals surface area (Å²) in [7, 11) is 0. The average Bonchev–Trinajstić information content (AvgIpc) is 2.41. The molecule has 0 aliphatic heterocycles. The summed E-state index contributed by atoms with van der Waals surface area (Å²) in [6, 6.07) is 0. The van der Waals surface area contributed by atoms with Crippen molar-refractivity contribution in [1.82, 2.24) is 0 Å². The summed E-state index contributed by atoms with van der Waals surface area (Å²) in [5, 5.41) is 55.4. The molecule has 0 amide bonds. The lowest BCUT2D eigenvalue weighted by Crippen LogP contribution is -2.51. The van der Waals surface area contributed by atoms with E-state index < -0.39 is 61.3 Å². The second-order valence-corrected chi connectivity index (χ2v) is 4.30. The average molecular weight is 310 g/mol. The van der Waals surface area contributed by atoms with Crippen molar-refractivity contribution in [3.05, 3.63) is 0 Å². The second-order valence-electron chi connectivity index (χ2n) is 4.30. The lowest BCUT2D eigenvalue weighted by Gasteiger charge is -2.29. The van der Waals surface area contributed by atoms with Crippen molar-refractivity contribution in [3.8, 4) is 0 Å². The predicted molar refractivity (Wildman–Crippen MR) is 63.9 cm³/mol. The SMILES string of the molecule is CC(=O)O[C@H](CO)[C@@H](O)[C@H](O)[C@H](O)[C@@H](O)CC(=O)C(=O)O. The van der Waals surface area contributed by atoms with Gasteiger partial charge >= 0.3 is 11.9 Å². The zero-order valence-electron chi connectivity index (χ0n) is 11.1. The van der Waals surface area contributed by atoms with Crippen molar-refractivity contribution in [2.75, 3.05) is 6.61 Å². The van der Waals surface area contributed by atoms with Gasteiger partial charge in [-0.15, -0.1) is 0 Å². The summed E-state index contributed by atoms with van der Waals surface area (Å²) in [6.07, 6.45) is -10.6. The number of aliphatic carboxylic acids is 1. The number of aliphatic hydroxyl groups is 5. The van der Waals surface area contributed by atoms with E-state index in [0.717, 1.165) is 6.92 Å². The van der Waals surface area contributed by atoms with Gasteiger partial charge in [0.15, 0.2) is 6.10 Å². The highest BCUT2D eigenvalue weighted by molar-refractivity contribution is 6.32. The van der Waals surface area contributed by atoms with Gasteiger partial charge in [0.1, 0.15) is 18.3 Å². The van der Waals surface area contributed by atoms with Crippen molar-refractivity contribution in [1.29, 1.82) is 0 Å². The largest absolute Gasteiger partial charge is 0.475 e. The standard InChI is InChI=1S/C11H18O10/c1-4(13)21-7(3-12)9(17)10(18)8(16)5(14)2-6(15)11(19)20/h5,7-10,12,14,16-18H,2-3H2,1H3,(H,19,20)/t5-,7+,8+,9+,10+/m0/s1. The topological polar surface area (TPSA) is 182 Å². The van der Waals surface area contributed by atoms with Gasteiger partial charge in [-0.2, -0.15) is 0 Å². The Hall–Kier alpha value is -1.59. The number of carbonyl (C=O) groups is 3. The summed E-state index contributed by atoms with van der Waals surface area (Å²) in [5.41, 5.74) is 0. The van der Waals surface area contributed by atoms with Gasteiger partial charge in [0, 0.05) is 13.3 Å². The van der Waals surface area contributed by atoms with E-state index in [2.05, 4.69) is 4.74 Å². The molecule has 21 heavy (non-hydrogen) atoms. The Balaban J connectivity index is 4.72. The fraction of sp³-hybridized carbons (Fsp3) is 0.727.